The van der Waals surface area contributed by atoms with Crippen LogP contribution in [0.5, 0.6) is 11.5 Å². The van der Waals surface area contributed by atoms with Crippen LogP contribution < -0.4 is 9.47 Å². The largest absolute Gasteiger partial charge is 0.497 e. The van der Waals surface area contributed by atoms with Crippen LogP contribution in [0.4, 0.5) is 0 Å². The number of carbonyl (C=O) groups is 3. The van der Waals surface area contributed by atoms with Crippen molar-refractivity contribution in [2.45, 2.75) is 26.6 Å². The third-order valence-electron chi connectivity index (χ3n) is 10.9. The first-order valence-electron chi connectivity index (χ1n) is 21.7. The fourth-order valence-corrected chi connectivity index (χ4v) is 7.32. The molecule has 3 N–H and O–H groups in total. The van der Waals surface area contributed by atoms with Crippen LogP contribution in [0.2, 0.25) is 0 Å². The molecular formula is C54H48N6O8. The van der Waals surface area contributed by atoms with Gasteiger partial charge in [0.15, 0.2) is 0 Å². The summed E-state index contributed by atoms with van der Waals surface area (Å²) in [7, 11) is 3.17. The fourth-order valence-electron chi connectivity index (χ4n) is 7.32. The summed E-state index contributed by atoms with van der Waals surface area (Å²) in [5.41, 5.74) is 6.07. The molecular weight excluding hydrogens is 861 g/mol. The highest BCUT2D eigenvalue weighted by molar-refractivity contribution is 5.87. The lowest BCUT2D eigenvalue weighted by Crippen LogP contribution is -2.36. The van der Waals surface area contributed by atoms with Crippen molar-refractivity contribution in [3.63, 3.8) is 0 Å². The molecule has 1 aliphatic rings. The molecule has 68 heavy (non-hydrogen) atoms. The standard InChI is InChI=1S/C54H48N6O8/c1-37-4-6-38(7-5-37)8-11-41-28-44(55-49(31-41)52(61)62)34-58-22-24-59(35-45-29-42(32-50(56-45)53(63)64)12-9-39-14-18-47(67-2)19-15-39)26-27-60(25-23-58)36-46-30-43(33-51(57-46)54(65)66)13-10-40-16-20-48(68-3)21-17-40/h4-7,14-21,28-33H,22-27,34-36H2,1-3H3,(H,61,62)(H,63,64)(H,65,66). The molecule has 0 amide bonds. The Morgan fingerprint density at radius 2 is 0.706 bits per heavy atom. The number of ether oxygens (including phenoxy) is 2. The summed E-state index contributed by atoms with van der Waals surface area (Å²) < 4.78 is 10.5. The van der Waals surface area contributed by atoms with Crippen molar-refractivity contribution in [2.75, 3.05) is 53.5 Å². The molecule has 0 unspecified atom stereocenters. The molecule has 14 nitrogen and oxygen atoms in total. The van der Waals surface area contributed by atoms with Gasteiger partial charge in [0.05, 0.1) is 31.3 Å². The lowest BCUT2D eigenvalue weighted by molar-refractivity contribution is 0.0679. The van der Waals surface area contributed by atoms with Gasteiger partial charge in [0.25, 0.3) is 0 Å². The van der Waals surface area contributed by atoms with E-state index in [1.165, 1.54) is 18.2 Å². The van der Waals surface area contributed by atoms with Gasteiger partial charge < -0.3 is 24.8 Å². The second-order valence-electron chi connectivity index (χ2n) is 16.0. The van der Waals surface area contributed by atoms with E-state index in [4.69, 9.17) is 9.47 Å². The molecule has 0 saturated carbocycles. The van der Waals surface area contributed by atoms with Crippen molar-refractivity contribution in [3.05, 3.63) is 182 Å². The Balaban J connectivity index is 1.18. The van der Waals surface area contributed by atoms with Gasteiger partial charge in [-0.1, -0.05) is 53.2 Å². The first kappa shape index (κ1) is 47.6. The van der Waals surface area contributed by atoms with E-state index in [2.05, 4.69) is 65.2 Å². The zero-order chi connectivity index (χ0) is 48.0. The van der Waals surface area contributed by atoms with Gasteiger partial charge in [-0.05, 0) is 104 Å². The van der Waals surface area contributed by atoms with E-state index in [1.54, 1.807) is 56.7 Å². The van der Waals surface area contributed by atoms with Crippen LogP contribution >= 0.6 is 0 Å². The van der Waals surface area contributed by atoms with Gasteiger partial charge in [-0.25, -0.2) is 29.3 Å². The van der Waals surface area contributed by atoms with Crippen molar-refractivity contribution in [1.82, 2.24) is 29.7 Å². The van der Waals surface area contributed by atoms with Gasteiger partial charge in [0.2, 0.25) is 0 Å². The zero-order valence-corrected chi connectivity index (χ0v) is 37.8. The second kappa shape index (κ2) is 22.7. The van der Waals surface area contributed by atoms with Gasteiger partial charge in [-0.3, -0.25) is 14.7 Å². The third-order valence-corrected chi connectivity index (χ3v) is 10.9. The molecule has 0 radical (unpaired) electrons. The lowest BCUT2D eigenvalue weighted by Gasteiger charge is -2.25. The molecule has 0 bridgehead atoms. The minimum Gasteiger partial charge on any atom is -0.497 e. The number of pyridine rings is 3. The van der Waals surface area contributed by atoms with Crippen LogP contribution in [-0.4, -0.2) is 116 Å². The first-order valence-corrected chi connectivity index (χ1v) is 21.7. The quantitative estimate of drug-likeness (QED) is 0.123. The van der Waals surface area contributed by atoms with Crippen molar-refractivity contribution in [3.8, 4) is 47.0 Å². The number of aryl methyl sites for hydroxylation is 1. The van der Waals surface area contributed by atoms with Crippen LogP contribution in [0.3, 0.4) is 0 Å². The second-order valence-corrected chi connectivity index (χ2v) is 16.0. The molecule has 0 spiro atoms. The first-order chi connectivity index (χ1) is 32.9. The van der Waals surface area contributed by atoms with Crippen LogP contribution in [-0.2, 0) is 19.6 Å². The van der Waals surface area contributed by atoms with Crippen molar-refractivity contribution in [2.24, 2.45) is 0 Å². The number of hydrogen-bond acceptors (Lipinski definition) is 11. The van der Waals surface area contributed by atoms with E-state index in [0.29, 0.717) is 104 Å². The van der Waals surface area contributed by atoms with E-state index < -0.39 is 17.9 Å². The van der Waals surface area contributed by atoms with Gasteiger partial charge in [0, 0.05) is 92.3 Å². The topological polar surface area (TPSA) is 179 Å². The smallest absolute Gasteiger partial charge is 0.354 e. The van der Waals surface area contributed by atoms with Crippen molar-refractivity contribution >= 4 is 17.9 Å². The van der Waals surface area contributed by atoms with Gasteiger partial charge >= 0.3 is 17.9 Å². The number of hydrogen-bond donors (Lipinski definition) is 3. The molecule has 14 heteroatoms. The van der Waals surface area contributed by atoms with E-state index in [1.807, 2.05) is 55.5 Å². The average molecular weight is 909 g/mol. The average Bonchev–Trinajstić information content (AvgIpc) is 3.43. The van der Waals surface area contributed by atoms with Crippen molar-refractivity contribution < 1.29 is 39.2 Å². The number of benzene rings is 3. The number of methoxy groups -OCH3 is 2. The summed E-state index contributed by atoms with van der Waals surface area (Å²) in [4.78, 5) is 56.9. The van der Waals surface area contributed by atoms with E-state index in [9.17, 15) is 29.7 Å². The SMILES string of the molecule is COc1ccc(C#Cc2cc(CN3CCN(Cc4cc(C#Cc5ccc(C)cc5)cc(C(=O)O)n4)CCN(Cc4cc(C#Cc5ccc(OC)cc5)cc(C(=O)O)n4)CC3)nc(C(=O)O)c2)cc1. The van der Waals surface area contributed by atoms with Gasteiger partial charge in [-0.15, -0.1) is 0 Å². The molecule has 3 aromatic heterocycles. The summed E-state index contributed by atoms with van der Waals surface area (Å²) in [6.07, 6.45) is 0. The number of carboxylic acids is 3. The highest BCUT2D eigenvalue weighted by Crippen LogP contribution is 2.17. The predicted octanol–water partition coefficient (Wildman–Crippen LogP) is 6.31. The number of aromatic nitrogens is 3. The van der Waals surface area contributed by atoms with E-state index >= 15 is 0 Å². The molecule has 7 rings (SSSR count). The van der Waals surface area contributed by atoms with Gasteiger partial charge in [-0.2, -0.15) is 0 Å². The summed E-state index contributed by atoms with van der Waals surface area (Å²) in [5, 5.41) is 30.1. The minimum atomic E-state index is -1.18. The van der Waals surface area contributed by atoms with Crippen molar-refractivity contribution in [1.29, 1.82) is 0 Å². The molecule has 342 valence electrons. The van der Waals surface area contributed by atoms with Gasteiger partial charge in [0.1, 0.15) is 28.6 Å². The monoisotopic (exact) mass is 908 g/mol. The number of nitrogens with zero attached hydrogens (tertiary/aromatic N) is 6. The Kier molecular flexibility index (Phi) is 15.9. The summed E-state index contributed by atoms with van der Waals surface area (Å²) in [6.45, 7) is 6.11. The lowest BCUT2D eigenvalue weighted by atomic mass is 10.1. The summed E-state index contributed by atoms with van der Waals surface area (Å²) in [5.74, 6) is 16.5. The molecule has 3 aromatic carbocycles. The van der Waals surface area contributed by atoms with E-state index in [0.717, 1.165) is 22.3 Å². The van der Waals surface area contributed by atoms with E-state index in [-0.39, 0.29) is 17.1 Å². The van der Waals surface area contributed by atoms with Crippen LogP contribution in [0.15, 0.2) is 109 Å². The molecule has 1 aliphatic heterocycles. The molecule has 0 atom stereocenters. The number of carboxylic acid groups (broad SMARTS) is 3. The highest BCUT2D eigenvalue weighted by Gasteiger charge is 2.21. The Hall–Kier alpha value is -8.32. The highest BCUT2D eigenvalue weighted by atomic mass is 16.5. The minimum absolute atomic E-state index is 0.117. The fraction of sp³-hybridized carbons (Fsp3) is 0.222. The Morgan fingerprint density at radius 1 is 0.441 bits per heavy atom. The van der Waals surface area contributed by atoms with Crippen LogP contribution in [0, 0.1) is 42.4 Å². The summed E-state index contributed by atoms with van der Waals surface area (Å²) >= 11 is 0. The number of rotatable bonds is 11. The number of aromatic carboxylic acids is 3. The maximum Gasteiger partial charge on any atom is 0.354 e. The molecule has 1 saturated heterocycles. The molecule has 0 aliphatic carbocycles. The van der Waals surface area contributed by atoms with Crippen LogP contribution in [0.1, 0.15) is 87.5 Å². The zero-order valence-electron chi connectivity index (χ0n) is 37.8. The predicted molar refractivity (Wildman–Crippen MR) is 255 cm³/mol. The molecule has 1 fully saturated rings. The maximum atomic E-state index is 12.3. The normalized spacial score (nSPS) is 13.2. The Bertz CT molecular complexity index is 2850. The van der Waals surface area contributed by atoms with Crippen LogP contribution in [0.25, 0.3) is 0 Å². The third kappa shape index (κ3) is 13.8. The molecule has 4 heterocycles. The maximum absolute atomic E-state index is 12.3. The Labute approximate surface area is 394 Å². The Morgan fingerprint density at radius 3 is 0.971 bits per heavy atom. The molecule has 6 aromatic rings. The summed E-state index contributed by atoms with van der Waals surface area (Å²) in [6, 6.07) is 32.0.